The summed E-state index contributed by atoms with van der Waals surface area (Å²) in [7, 11) is 1.82. The van der Waals surface area contributed by atoms with Crippen LogP contribution in [0.4, 0.5) is 11.4 Å². The lowest BCUT2D eigenvalue weighted by molar-refractivity contribution is -0.119. The van der Waals surface area contributed by atoms with Crippen LogP contribution in [-0.4, -0.2) is 13.0 Å². The molecule has 0 aliphatic carbocycles. The van der Waals surface area contributed by atoms with Crippen LogP contribution in [-0.2, 0) is 4.79 Å². The zero-order chi connectivity index (χ0) is 13.4. The van der Waals surface area contributed by atoms with Gasteiger partial charge >= 0.3 is 0 Å². The first-order valence-electron chi connectivity index (χ1n) is 6.36. The molecule has 0 aromatic heterocycles. The molecular formula is C16H16N2O. The number of anilines is 2. The third-order valence-electron chi connectivity index (χ3n) is 3.55. The van der Waals surface area contributed by atoms with Crippen molar-refractivity contribution >= 4 is 17.3 Å². The Morgan fingerprint density at radius 2 is 1.74 bits per heavy atom. The van der Waals surface area contributed by atoms with Crippen molar-refractivity contribution in [3.63, 3.8) is 0 Å². The number of nitrogens with one attached hydrogen (secondary N) is 1. The summed E-state index contributed by atoms with van der Waals surface area (Å²) in [4.78, 5) is 14.2. The summed E-state index contributed by atoms with van der Waals surface area (Å²) >= 11 is 0. The molecule has 0 saturated carbocycles. The van der Waals surface area contributed by atoms with Gasteiger partial charge in [-0.15, -0.1) is 0 Å². The van der Waals surface area contributed by atoms with Crippen molar-refractivity contribution in [1.29, 1.82) is 0 Å². The average molecular weight is 252 g/mol. The maximum atomic E-state index is 12.4. The van der Waals surface area contributed by atoms with Gasteiger partial charge in [0, 0.05) is 7.05 Å². The van der Waals surface area contributed by atoms with Gasteiger partial charge < -0.3 is 10.2 Å². The van der Waals surface area contributed by atoms with Crippen LogP contribution in [0.1, 0.15) is 17.2 Å². The van der Waals surface area contributed by atoms with Gasteiger partial charge in [-0.1, -0.05) is 42.0 Å². The van der Waals surface area contributed by atoms with Gasteiger partial charge in [0.15, 0.2) is 0 Å². The highest BCUT2D eigenvalue weighted by atomic mass is 16.2. The quantitative estimate of drug-likeness (QED) is 0.845. The van der Waals surface area contributed by atoms with Crippen molar-refractivity contribution in [2.24, 2.45) is 0 Å². The fraction of sp³-hybridized carbons (Fsp3) is 0.188. The van der Waals surface area contributed by atoms with Crippen LogP contribution in [0.5, 0.6) is 0 Å². The summed E-state index contributed by atoms with van der Waals surface area (Å²) in [5.41, 5.74) is 4.11. The molecule has 1 heterocycles. The Kier molecular flexibility index (Phi) is 2.75. The highest BCUT2D eigenvalue weighted by molar-refractivity contribution is 6.04. The summed E-state index contributed by atoms with van der Waals surface area (Å²) in [6.07, 6.45) is 0. The van der Waals surface area contributed by atoms with E-state index < -0.39 is 0 Å². The Morgan fingerprint density at radius 1 is 1.05 bits per heavy atom. The zero-order valence-electron chi connectivity index (χ0n) is 11.1. The predicted molar refractivity (Wildman–Crippen MR) is 77.4 cm³/mol. The van der Waals surface area contributed by atoms with Gasteiger partial charge in [-0.25, -0.2) is 0 Å². The normalized spacial score (nSPS) is 17.9. The van der Waals surface area contributed by atoms with Gasteiger partial charge in [0.1, 0.15) is 6.04 Å². The van der Waals surface area contributed by atoms with Crippen molar-refractivity contribution < 1.29 is 4.79 Å². The first kappa shape index (κ1) is 11.8. The molecule has 96 valence electrons. The Morgan fingerprint density at radius 3 is 2.47 bits per heavy atom. The van der Waals surface area contributed by atoms with E-state index in [2.05, 4.69) is 5.32 Å². The smallest absolute Gasteiger partial charge is 0.253 e. The molecular weight excluding hydrogens is 236 g/mol. The van der Waals surface area contributed by atoms with Gasteiger partial charge in [-0.3, -0.25) is 4.79 Å². The molecule has 3 rings (SSSR count). The topological polar surface area (TPSA) is 32.3 Å². The summed E-state index contributed by atoms with van der Waals surface area (Å²) in [6, 6.07) is 15.6. The molecule has 1 aliphatic rings. The van der Waals surface area contributed by atoms with Crippen LogP contribution in [0.3, 0.4) is 0 Å². The molecule has 1 N–H and O–H groups in total. The molecule has 0 bridgehead atoms. The van der Waals surface area contributed by atoms with E-state index in [4.69, 9.17) is 0 Å². The molecule has 1 amide bonds. The molecule has 3 nitrogen and oxygen atoms in total. The average Bonchev–Trinajstić information content (AvgIpc) is 2.44. The number of likely N-dealkylation sites (N-methyl/N-ethyl adjacent to an activating group) is 1. The molecule has 0 saturated heterocycles. The number of aryl methyl sites for hydroxylation is 1. The number of para-hydroxylation sites is 2. The van der Waals surface area contributed by atoms with Crippen LogP contribution >= 0.6 is 0 Å². The molecule has 1 atom stereocenters. The second-order valence-corrected chi connectivity index (χ2v) is 4.90. The van der Waals surface area contributed by atoms with E-state index in [-0.39, 0.29) is 11.9 Å². The van der Waals surface area contributed by atoms with E-state index in [1.54, 1.807) is 4.90 Å². The Labute approximate surface area is 112 Å². The molecule has 0 unspecified atom stereocenters. The first-order chi connectivity index (χ1) is 9.16. The maximum Gasteiger partial charge on any atom is 0.253 e. The van der Waals surface area contributed by atoms with E-state index in [1.807, 2.05) is 62.5 Å². The minimum Gasteiger partial charge on any atom is -0.368 e. The summed E-state index contributed by atoms with van der Waals surface area (Å²) in [5.74, 6) is 0.0718. The summed E-state index contributed by atoms with van der Waals surface area (Å²) in [5, 5.41) is 3.32. The molecule has 0 spiro atoms. The van der Waals surface area contributed by atoms with Crippen LogP contribution in [0.15, 0.2) is 48.5 Å². The van der Waals surface area contributed by atoms with Crippen molar-refractivity contribution in [3.05, 3.63) is 59.7 Å². The SMILES string of the molecule is Cc1ccc([C@H]2Nc3ccccc3N(C)C2=O)cc1. The largest absolute Gasteiger partial charge is 0.368 e. The number of amides is 1. The van der Waals surface area contributed by atoms with Crippen LogP contribution < -0.4 is 10.2 Å². The minimum absolute atomic E-state index is 0.0718. The van der Waals surface area contributed by atoms with Crippen molar-refractivity contribution in [2.75, 3.05) is 17.3 Å². The Bertz CT molecular complexity index is 619. The van der Waals surface area contributed by atoms with E-state index in [9.17, 15) is 4.79 Å². The number of benzene rings is 2. The predicted octanol–water partition coefficient (Wildman–Crippen LogP) is 3.12. The Hall–Kier alpha value is -2.29. The van der Waals surface area contributed by atoms with Gasteiger partial charge in [-0.05, 0) is 24.6 Å². The molecule has 0 radical (unpaired) electrons. The number of carbonyl (C=O) groups excluding carboxylic acids is 1. The van der Waals surface area contributed by atoms with Gasteiger partial charge in [0.05, 0.1) is 11.4 Å². The lowest BCUT2D eigenvalue weighted by atomic mass is 10.0. The lowest BCUT2D eigenvalue weighted by Gasteiger charge is -2.33. The third-order valence-corrected chi connectivity index (χ3v) is 3.55. The lowest BCUT2D eigenvalue weighted by Crippen LogP contribution is -2.39. The second-order valence-electron chi connectivity index (χ2n) is 4.90. The molecule has 2 aromatic rings. The fourth-order valence-electron chi connectivity index (χ4n) is 2.40. The van der Waals surface area contributed by atoms with Crippen LogP contribution in [0.25, 0.3) is 0 Å². The van der Waals surface area contributed by atoms with E-state index in [0.717, 1.165) is 16.9 Å². The van der Waals surface area contributed by atoms with Crippen molar-refractivity contribution in [1.82, 2.24) is 0 Å². The van der Waals surface area contributed by atoms with Crippen LogP contribution in [0, 0.1) is 6.92 Å². The van der Waals surface area contributed by atoms with Crippen molar-refractivity contribution in [2.45, 2.75) is 13.0 Å². The van der Waals surface area contributed by atoms with Gasteiger partial charge in [-0.2, -0.15) is 0 Å². The number of hydrogen-bond donors (Lipinski definition) is 1. The highest BCUT2D eigenvalue weighted by Gasteiger charge is 2.30. The first-order valence-corrected chi connectivity index (χ1v) is 6.36. The minimum atomic E-state index is -0.305. The number of nitrogens with zero attached hydrogens (tertiary/aromatic N) is 1. The highest BCUT2D eigenvalue weighted by Crippen LogP contribution is 2.35. The molecule has 2 aromatic carbocycles. The van der Waals surface area contributed by atoms with Gasteiger partial charge in [0.2, 0.25) is 0 Å². The molecule has 3 heteroatoms. The summed E-state index contributed by atoms with van der Waals surface area (Å²) in [6.45, 7) is 2.04. The molecule has 1 aliphatic heterocycles. The number of carbonyl (C=O) groups is 1. The standard InChI is InChI=1S/C16H16N2O/c1-11-7-9-12(10-8-11)15-16(19)18(2)14-6-4-3-5-13(14)17-15/h3-10,15,17H,1-2H3/t15-/m1/s1. The number of rotatable bonds is 1. The monoisotopic (exact) mass is 252 g/mol. The Balaban J connectivity index is 2.01. The summed E-state index contributed by atoms with van der Waals surface area (Å²) < 4.78 is 0. The maximum absolute atomic E-state index is 12.4. The number of hydrogen-bond acceptors (Lipinski definition) is 2. The van der Waals surface area contributed by atoms with E-state index in [1.165, 1.54) is 5.56 Å². The third kappa shape index (κ3) is 1.97. The van der Waals surface area contributed by atoms with Crippen molar-refractivity contribution in [3.8, 4) is 0 Å². The zero-order valence-corrected chi connectivity index (χ0v) is 11.1. The fourth-order valence-corrected chi connectivity index (χ4v) is 2.40. The van der Waals surface area contributed by atoms with Gasteiger partial charge in [0.25, 0.3) is 5.91 Å². The molecule has 0 fully saturated rings. The molecule has 19 heavy (non-hydrogen) atoms. The van der Waals surface area contributed by atoms with Crippen LogP contribution in [0.2, 0.25) is 0 Å². The second kappa shape index (κ2) is 4.43. The number of fused-ring (bicyclic) bond motifs is 1. The van der Waals surface area contributed by atoms with E-state index >= 15 is 0 Å². The van der Waals surface area contributed by atoms with E-state index in [0.29, 0.717) is 0 Å².